The number of hydrogen-bond acceptors (Lipinski definition) is 1. The SMILES string of the molecule is C=CCCC1C=CC(c2ccc(OC(F)(F)F)cc2)CC1. The highest BCUT2D eigenvalue weighted by molar-refractivity contribution is 5.32. The molecule has 4 heteroatoms. The zero-order valence-electron chi connectivity index (χ0n) is 11.8. The molecule has 1 nitrogen and oxygen atoms in total. The Morgan fingerprint density at radius 3 is 2.38 bits per heavy atom. The van der Waals surface area contributed by atoms with Gasteiger partial charge in [0.15, 0.2) is 0 Å². The summed E-state index contributed by atoms with van der Waals surface area (Å²) in [6, 6.07) is 6.17. The molecule has 0 aromatic heterocycles. The summed E-state index contributed by atoms with van der Waals surface area (Å²) in [6.07, 6.45) is 5.94. The third-order valence-corrected chi connectivity index (χ3v) is 3.75. The van der Waals surface area contributed by atoms with Crippen molar-refractivity contribution in [3.05, 3.63) is 54.6 Å². The summed E-state index contributed by atoms with van der Waals surface area (Å²) in [5.41, 5.74) is 1.03. The second kappa shape index (κ2) is 6.83. The van der Waals surface area contributed by atoms with Crippen LogP contribution < -0.4 is 4.74 Å². The topological polar surface area (TPSA) is 9.23 Å². The van der Waals surface area contributed by atoms with E-state index < -0.39 is 6.36 Å². The van der Waals surface area contributed by atoms with Gasteiger partial charge in [0, 0.05) is 5.92 Å². The summed E-state index contributed by atoms with van der Waals surface area (Å²) in [4.78, 5) is 0. The molecule has 0 amide bonds. The summed E-state index contributed by atoms with van der Waals surface area (Å²) in [7, 11) is 0. The van der Waals surface area contributed by atoms with E-state index in [2.05, 4.69) is 23.5 Å². The molecule has 0 spiro atoms. The maximum atomic E-state index is 12.1. The molecule has 1 aromatic carbocycles. The lowest BCUT2D eigenvalue weighted by Crippen LogP contribution is -2.17. The third-order valence-electron chi connectivity index (χ3n) is 3.75. The highest BCUT2D eigenvalue weighted by atomic mass is 19.4. The lowest BCUT2D eigenvalue weighted by atomic mass is 9.83. The number of benzene rings is 1. The van der Waals surface area contributed by atoms with Crippen LogP contribution in [0.2, 0.25) is 0 Å². The van der Waals surface area contributed by atoms with E-state index in [-0.39, 0.29) is 11.7 Å². The van der Waals surface area contributed by atoms with E-state index in [1.54, 1.807) is 12.1 Å². The maximum Gasteiger partial charge on any atom is 0.573 e. The summed E-state index contributed by atoms with van der Waals surface area (Å²) < 4.78 is 40.2. The van der Waals surface area contributed by atoms with Crippen molar-refractivity contribution in [2.75, 3.05) is 0 Å². The highest BCUT2D eigenvalue weighted by Crippen LogP contribution is 2.33. The lowest BCUT2D eigenvalue weighted by molar-refractivity contribution is -0.274. The zero-order valence-corrected chi connectivity index (χ0v) is 11.8. The molecule has 0 aliphatic heterocycles. The van der Waals surface area contributed by atoms with E-state index in [4.69, 9.17) is 0 Å². The van der Waals surface area contributed by atoms with E-state index in [1.807, 2.05) is 6.08 Å². The first-order chi connectivity index (χ1) is 9.98. The van der Waals surface area contributed by atoms with E-state index in [0.29, 0.717) is 5.92 Å². The van der Waals surface area contributed by atoms with Crippen LogP contribution in [0.3, 0.4) is 0 Å². The van der Waals surface area contributed by atoms with Crippen LogP contribution in [0.1, 0.15) is 37.2 Å². The average molecular weight is 296 g/mol. The van der Waals surface area contributed by atoms with Crippen LogP contribution in [-0.2, 0) is 0 Å². The Hall–Kier alpha value is -1.71. The van der Waals surface area contributed by atoms with Crippen LogP contribution in [0, 0.1) is 5.92 Å². The molecule has 1 aliphatic rings. The van der Waals surface area contributed by atoms with Gasteiger partial charge in [0.1, 0.15) is 5.75 Å². The quantitative estimate of drug-likeness (QED) is 0.642. The van der Waals surface area contributed by atoms with Crippen molar-refractivity contribution in [3.63, 3.8) is 0 Å². The Bertz CT molecular complexity index is 488. The van der Waals surface area contributed by atoms with Crippen molar-refractivity contribution in [2.45, 2.75) is 38.0 Å². The normalized spacial score (nSPS) is 22.0. The van der Waals surface area contributed by atoms with Crippen LogP contribution in [0.15, 0.2) is 49.1 Å². The number of hydrogen-bond donors (Lipinski definition) is 0. The van der Waals surface area contributed by atoms with Crippen LogP contribution in [0.5, 0.6) is 5.75 Å². The molecule has 0 N–H and O–H groups in total. The first kappa shape index (κ1) is 15.7. The van der Waals surface area contributed by atoms with Gasteiger partial charge in [0.2, 0.25) is 0 Å². The van der Waals surface area contributed by atoms with Crippen LogP contribution in [0.25, 0.3) is 0 Å². The number of alkyl halides is 3. The van der Waals surface area contributed by atoms with E-state index in [0.717, 1.165) is 31.2 Å². The molecule has 114 valence electrons. The van der Waals surface area contributed by atoms with Crippen LogP contribution in [0.4, 0.5) is 13.2 Å². The molecular weight excluding hydrogens is 277 g/mol. The molecule has 2 atom stereocenters. The minimum absolute atomic E-state index is 0.171. The average Bonchev–Trinajstić information content (AvgIpc) is 2.45. The van der Waals surface area contributed by atoms with Crippen molar-refractivity contribution in [1.82, 2.24) is 0 Å². The molecule has 0 heterocycles. The van der Waals surface area contributed by atoms with Gasteiger partial charge < -0.3 is 4.74 Å². The first-order valence-corrected chi connectivity index (χ1v) is 7.13. The summed E-state index contributed by atoms with van der Waals surface area (Å²) in [5.74, 6) is 0.701. The Labute approximate surface area is 123 Å². The number of rotatable bonds is 5. The zero-order chi connectivity index (χ0) is 15.3. The predicted molar refractivity (Wildman–Crippen MR) is 77.2 cm³/mol. The Kier molecular flexibility index (Phi) is 5.10. The molecular formula is C17H19F3O. The standard InChI is InChI=1S/C17H19F3O/c1-2-3-4-13-5-7-14(8-6-13)15-9-11-16(12-10-15)21-17(18,19)20/h2,5,7,9-14H,1,3-4,6,8H2. The highest BCUT2D eigenvalue weighted by Gasteiger charge is 2.31. The molecule has 0 bridgehead atoms. The molecule has 2 unspecified atom stereocenters. The fourth-order valence-corrected chi connectivity index (χ4v) is 2.64. The van der Waals surface area contributed by atoms with Crippen molar-refractivity contribution in [1.29, 1.82) is 0 Å². The summed E-state index contributed by atoms with van der Waals surface area (Å²) in [6.45, 7) is 3.73. The first-order valence-electron chi connectivity index (χ1n) is 7.13. The largest absolute Gasteiger partial charge is 0.573 e. The molecule has 21 heavy (non-hydrogen) atoms. The number of halogens is 3. The van der Waals surface area contributed by atoms with Gasteiger partial charge in [0.25, 0.3) is 0 Å². The summed E-state index contributed by atoms with van der Waals surface area (Å²) >= 11 is 0. The maximum absolute atomic E-state index is 12.1. The molecule has 0 fully saturated rings. The lowest BCUT2D eigenvalue weighted by Gasteiger charge is -2.23. The monoisotopic (exact) mass is 296 g/mol. The second-order valence-electron chi connectivity index (χ2n) is 5.31. The van der Waals surface area contributed by atoms with Gasteiger partial charge in [-0.05, 0) is 49.3 Å². The van der Waals surface area contributed by atoms with Gasteiger partial charge in [-0.1, -0.05) is 30.4 Å². The van der Waals surface area contributed by atoms with Gasteiger partial charge in [-0.2, -0.15) is 0 Å². The smallest absolute Gasteiger partial charge is 0.406 e. The van der Waals surface area contributed by atoms with E-state index >= 15 is 0 Å². The van der Waals surface area contributed by atoms with Gasteiger partial charge in [-0.25, -0.2) is 0 Å². The summed E-state index contributed by atoms with van der Waals surface area (Å²) in [5, 5.41) is 0. The molecule has 1 aromatic rings. The number of allylic oxidation sites excluding steroid dienone is 3. The van der Waals surface area contributed by atoms with E-state index in [1.165, 1.54) is 12.1 Å². The predicted octanol–water partition coefficient (Wildman–Crippen LogP) is 5.60. The molecule has 1 aliphatic carbocycles. The van der Waals surface area contributed by atoms with E-state index in [9.17, 15) is 13.2 Å². The molecule has 0 saturated heterocycles. The number of ether oxygens (including phenoxy) is 1. The van der Waals surface area contributed by atoms with Crippen LogP contribution in [-0.4, -0.2) is 6.36 Å². The van der Waals surface area contributed by atoms with Crippen molar-refractivity contribution >= 4 is 0 Å². The molecule has 0 radical (unpaired) electrons. The fraction of sp³-hybridized carbons (Fsp3) is 0.412. The molecule has 0 saturated carbocycles. The van der Waals surface area contributed by atoms with Crippen LogP contribution >= 0.6 is 0 Å². The molecule has 2 rings (SSSR count). The second-order valence-corrected chi connectivity index (χ2v) is 5.31. The van der Waals surface area contributed by atoms with Gasteiger partial charge in [0.05, 0.1) is 0 Å². The minimum atomic E-state index is -4.63. The van der Waals surface area contributed by atoms with Gasteiger partial charge in [-0.3, -0.25) is 0 Å². The fourth-order valence-electron chi connectivity index (χ4n) is 2.64. The van der Waals surface area contributed by atoms with Crippen molar-refractivity contribution < 1.29 is 17.9 Å². The van der Waals surface area contributed by atoms with Crippen molar-refractivity contribution in [3.8, 4) is 5.75 Å². The third kappa shape index (κ3) is 4.96. The Morgan fingerprint density at radius 1 is 1.14 bits per heavy atom. The Morgan fingerprint density at radius 2 is 1.86 bits per heavy atom. The Balaban J connectivity index is 1.95. The van der Waals surface area contributed by atoms with Gasteiger partial charge >= 0.3 is 6.36 Å². The van der Waals surface area contributed by atoms with Crippen molar-refractivity contribution in [2.24, 2.45) is 5.92 Å². The minimum Gasteiger partial charge on any atom is -0.406 e. The van der Waals surface area contributed by atoms with Gasteiger partial charge in [-0.15, -0.1) is 19.8 Å².